The second-order valence-electron chi connectivity index (χ2n) is 7.38. The summed E-state index contributed by atoms with van der Waals surface area (Å²) >= 11 is 0. The van der Waals surface area contributed by atoms with E-state index in [1.165, 1.54) is 11.1 Å². The Balaban J connectivity index is 1.51. The predicted molar refractivity (Wildman–Crippen MR) is 94.4 cm³/mol. The van der Waals surface area contributed by atoms with Crippen LogP contribution in [0.5, 0.6) is 0 Å². The van der Waals surface area contributed by atoms with Gasteiger partial charge in [0.15, 0.2) is 0 Å². The molecule has 4 heteroatoms. The van der Waals surface area contributed by atoms with Gasteiger partial charge in [-0.25, -0.2) is 0 Å². The Hall–Kier alpha value is -1.84. The van der Waals surface area contributed by atoms with Crippen LogP contribution in [0, 0.1) is 12.8 Å². The fourth-order valence-corrected chi connectivity index (χ4v) is 3.69. The summed E-state index contributed by atoms with van der Waals surface area (Å²) < 4.78 is 0. The van der Waals surface area contributed by atoms with Crippen molar-refractivity contribution < 1.29 is 9.59 Å². The Morgan fingerprint density at radius 3 is 2.62 bits per heavy atom. The Morgan fingerprint density at radius 2 is 1.96 bits per heavy atom. The fraction of sp³-hybridized carbons (Fsp3) is 0.600. The van der Waals surface area contributed by atoms with E-state index in [9.17, 15) is 9.59 Å². The van der Waals surface area contributed by atoms with Crippen molar-refractivity contribution in [1.29, 1.82) is 0 Å². The molecule has 2 fully saturated rings. The highest BCUT2D eigenvalue weighted by molar-refractivity contribution is 5.81. The smallest absolute Gasteiger partial charge is 0.223 e. The molecule has 4 nitrogen and oxygen atoms in total. The number of carbonyl (C=O) groups is 2. The lowest BCUT2D eigenvalue weighted by Crippen LogP contribution is -2.44. The van der Waals surface area contributed by atoms with Gasteiger partial charge in [-0.05, 0) is 44.6 Å². The minimum Gasteiger partial charge on any atom is -0.356 e. The van der Waals surface area contributed by atoms with Crippen molar-refractivity contribution >= 4 is 11.8 Å². The van der Waals surface area contributed by atoms with Crippen LogP contribution in [0.3, 0.4) is 0 Å². The van der Waals surface area contributed by atoms with Gasteiger partial charge in [0, 0.05) is 18.9 Å². The van der Waals surface area contributed by atoms with E-state index in [0.29, 0.717) is 19.4 Å². The number of aryl methyl sites for hydroxylation is 1. The van der Waals surface area contributed by atoms with Crippen molar-refractivity contribution in [2.24, 2.45) is 5.92 Å². The third kappa shape index (κ3) is 4.16. The van der Waals surface area contributed by atoms with Gasteiger partial charge in [0.05, 0.1) is 5.54 Å². The van der Waals surface area contributed by atoms with Crippen molar-refractivity contribution in [3.63, 3.8) is 0 Å². The van der Waals surface area contributed by atoms with Crippen molar-refractivity contribution in [3.8, 4) is 0 Å². The second kappa shape index (κ2) is 7.37. The zero-order valence-corrected chi connectivity index (χ0v) is 14.6. The Labute approximate surface area is 144 Å². The number of nitrogens with one attached hydrogen (secondary N) is 2. The molecule has 3 rings (SSSR count). The monoisotopic (exact) mass is 328 g/mol. The van der Waals surface area contributed by atoms with Gasteiger partial charge in [0.1, 0.15) is 0 Å². The normalized spacial score (nSPS) is 19.0. The van der Waals surface area contributed by atoms with Crippen LogP contribution in [0.25, 0.3) is 0 Å². The second-order valence-corrected chi connectivity index (χ2v) is 7.38. The lowest BCUT2D eigenvalue weighted by atomic mass is 9.87. The van der Waals surface area contributed by atoms with Gasteiger partial charge in [0.25, 0.3) is 0 Å². The average Bonchev–Trinajstić information content (AvgIpc) is 3.31. The molecule has 2 aliphatic carbocycles. The maximum absolute atomic E-state index is 12.4. The highest BCUT2D eigenvalue weighted by atomic mass is 16.2. The minimum absolute atomic E-state index is 0.0964. The first-order chi connectivity index (χ1) is 11.6. The van der Waals surface area contributed by atoms with Gasteiger partial charge < -0.3 is 10.6 Å². The van der Waals surface area contributed by atoms with Gasteiger partial charge in [-0.3, -0.25) is 9.59 Å². The summed E-state index contributed by atoms with van der Waals surface area (Å²) in [6, 6.07) is 8.50. The third-order valence-corrected chi connectivity index (χ3v) is 5.23. The molecule has 24 heavy (non-hydrogen) atoms. The zero-order valence-electron chi connectivity index (χ0n) is 14.6. The molecule has 130 valence electrons. The molecule has 1 aromatic rings. The van der Waals surface area contributed by atoms with Crippen LogP contribution in [0.4, 0.5) is 0 Å². The van der Waals surface area contributed by atoms with Gasteiger partial charge in [-0.15, -0.1) is 0 Å². The van der Waals surface area contributed by atoms with Gasteiger partial charge in [0.2, 0.25) is 11.8 Å². The van der Waals surface area contributed by atoms with Crippen molar-refractivity contribution in [2.75, 3.05) is 6.54 Å². The first-order valence-corrected chi connectivity index (χ1v) is 9.25. The molecule has 0 aromatic heterocycles. The van der Waals surface area contributed by atoms with Crippen LogP contribution >= 0.6 is 0 Å². The molecule has 0 bridgehead atoms. The molecule has 2 amide bonds. The van der Waals surface area contributed by atoms with E-state index < -0.39 is 0 Å². The molecule has 2 saturated carbocycles. The van der Waals surface area contributed by atoms with Crippen molar-refractivity contribution in [3.05, 3.63) is 35.4 Å². The average molecular weight is 328 g/mol. The van der Waals surface area contributed by atoms with E-state index in [2.05, 4.69) is 41.8 Å². The standard InChI is InChI=1S/C20H28N2O2/c1-15-6-4-7-17(14-15)20(11-2-3-12-20)22-18(23)8-5-13-21-19(24)16-9-10-16/h4,6-7,14,16H,2-3,5,8-13H2,1H3,(H,21,24)(H,22,23). The van der Waals surface area contributed by atoms with Crippen LogP contribution in [0.15, 0.2) is 24.3 Å². The lowest BCUT2D eigenvalue weighted by Gasteiger charge is -2.31. The van der Waals surface area contributed by atoms with Crippen LogP contribution in [0.2, 0.25) is 0 Å². The van der Waals surface area contributed by atoms with Crippen LogP contribution in [-0.4, -0.2) is 18.4 Å². The van der Waals surface area contributed by atoms with Gasteiger partial charge >= 0.3 is 0 Å². The first kappa shape index (κ1) is 17.0. The Morgan fingerprint density at radius 1 is 1.21 bits per heavy atom. The molecule has 0 spiro atoms. The molecule has 1 aromatic carbocycles. The molecule has 0 unspecified atom stereocenters. The predicted octanol–water partition coefficient (Wildman–Crippen LogP) is 3.19. The maximum Gasteiger partial charge on any atom is 0.223 e. The zero-order chi connectivity index (χ0) is 17.0. The fourth-order valence-electron chi connectivity index (χ4n) is 3.69. The van der Waals surface area contributed by atoms with E-state index in [1.54, 1.807) is 0 Å². The van der Waals surface area contributed by atoms with E-state index in [0.717, 1.165) is 38.5 Å². The number of carbonyl (C=O) groups excluding carboxylic acids is 2. The van der Waals surface area contributed by atoms with E-state index in [4.69, 9.17) is 0 Å². The molecule has 0 saturated heterocycles. The summed E-state index contributed by atoms with van der Waals surface area (Å²) in [5.41, 5.74) is 2.27. The molecule has 0 heterocycles. The highest BCUT2D eigenvalue weighted by Gasteiger charge is 2.36. The summed E-state index contributed by atoms with van der Waals surface area (Å²) in [5, 5.41) is 6.23. The van der Waals surface area contributed by atoms with Crippen molar-refractivity contribution in [2.45, 2.75) is 63.8 Å². The van der Waals surface area contributed by atoms with E-state index in [1.807, 2.05) is 0 Å². The van der Waals surface area contributed by atoms with Crippen LogP contribution in [0.1, 0.15) is 62.5 Å². The molecule has 2 aliphatic rings. The van der Waals surface area contributed by atoms with E-state index in [-0.39, 0.29) is 23.3 Å². The third-order valence-electron chi connectivity index (χ3n) is 5.23. The summed E-state index contributed by atoms with van der Waals surface area (Å²) in [6.45, 7) is 2.69. The van der Waals surface area contributed by atoms with Gasteiger partial charge in [-0.1, -0.05) is 42.7 Å². The molecular weight excluding hydrogens is 300 g/mol. The SMILES string of the molecule is Cc1cccc(C2(NC(=O)CCCNC(=O)C3CC3)CCCC2)c1. The largest absolute Gasteiger partial charge is 0.356 e. The van der Waals surface area contributed by atoms with Crippen molar-refractivity contribution in [1.82, 2.24) is 10.6 Å². The number of benzene rings is 1. The van der Waals surface area contributed by atoms with Crippen LogP contribution in [-0.2, 0) is 15.1 Å². The summed E-state index contributed by atoms with van der Waals surface area (Å²) in [7, 11) is 0. The van der Waals surface area contributed by atoms with E-state index >= 15 is 0 Å². The molecule has 0 atom stereocenters. The quantitative estimate of drug-likeness (QED) is 0.755. The maximum atomic E-state index is 12.4. The summed E-state index contributed by atoms with van der Waals surface area (Å²) in [6.07, 6.45) is 7.56. The Bertz CT molecular complexity index is 601. The molecular formula is C20H28N2O2. The van der Waals surface area contributed by atoms with Gasteiger partial charge in [-0.2, -0.15) is 0 Å². The summed E-state index contributed by atoms with van der Waals surface area (Å²) in [4.78, 5) is 24.0. The number of amides is 2. The van der Waals surface area contributed by atoms with Crippen LogP contribution < -0.4 is 10.6 Å². The minimum atomic E-state index is -0.194. The lowest BCUT2D eigenvalue weighted by molar-refractivity contribution is -0.124. The topological polar surface area (TPSA) is 58.2 Å². The summed E-state index contributed by atoms with van der Waals surface area (Å²) in [5.74, 6) is 0.489. The number of hydrogen-bond acceptors (Lipinski definition) is 2. The molecule has 0 radical (unpaired) electrons. The number of rotatable bonds is 7. The molecule has 2 N–H and O–H groups in total. The Kier molecular flexibility index (Phi) is 5.22. The first-order valence-electron chi connectivity index (χ1n) is 9.25. The molecule has 0 aliphatic heterocycles. The number of hydrogen-bond donors (Lipinski definition) is 2. The highest BCUT2D eigenvalue weighted by Crippen LogP contribution is 2.39.